The number of rotatable bonds is 7. The first-order chi connectivity index (χ1) is 13.8. The average Bonchev–Trinajstić information content (AvgIpc) is 2.74. The van der Waals surface area contributed by atoms with E-state index in [4.69, 9.17) is 10.5 Å². The van der Waals surface area contributed by atoms with Crippen LogP contribution in [0.2, 0.25) is 0 Å². The number of benzene rings is 2. The molecule has 154 valence electrons. The van der Waals surface area contributed by atoms with Crippen LogP contribution >= 0.6 is 0 Å². The van der Waals surface area contributed by atoms with Gasteiger partial charge in [0.1, 0.15) is 24.2 Å². The maximum Gasteiger partial charge on any atom is 0.306 e. The predicted molar refractivity (Wildman–Crippen MR) is 119 cm³/mol. The van der Waals surface area contributed by atoms with E-state index < -0.39 is 10.0 Å². The largest absolute Gasteiger partial charge is 0.457 e. The van der Waals surface area contributed by atoms with Crippen LogP contribution in [0.1, 0.15) is 32.3 Å². The van der Waals surface area contributed by atoms with E-state index in [9.17, 15) is 8.42 Å². The molecule has 2 N–H and O–H groups in total. The highest BCUT2D eigenvalue weighted by Gasteiger charge is 2.42. The fourth-order valence-corrected chi connectivity index (χ4v) is 4.95. The van der Waals surface area contributed by atoms with Gasteiger partial charge in [0.2, 0.25) is 0 Å². The number of quaternary nitrogens is 1. The summed E-state index contributed by atoms with van der Waals surface area (Å²) in [7, 11) is -3.45. The molecule has 6 heteroatoms. The molecule has 2 aromatic rings. The minimum Gasteiger partial charge on any atom is -0.457 e. The first kappa shape index (κ1) is 21.3. The predicted octanol–water partition coefficient (Wildman–Crippen LogP) is 4.67. The zero-order valence-corrected chi connectivity index (χ0v) is 18.0. The minimum atomic E-state index is -3.45. The van der Waals surface area contributed by atoms with E-state index in [1.54, 1.807) is 13.1 Å². The lowest BCUT2D eigenvalue weighted by atomic mass is 10.0. The van der Waals surface area contributed by atoms with Gasteiger partial charge < -0.3 is 10.5 Å². The summed E-state index contributed by atoms with van der Waals surface area (Å²) in [4.78, 5) is 0. The van der Waals surface area contributed by atoms with Crippen molar-refractivity contribution in [2.24, 2.45) is 5.73 Å². The van der Waals surface area contributed by atoms with Crippen LogP contribution in [0.25, 0.3) is 0 Å². The van der Waals surface area contributed by atoms with Gasteiger partial charge in [-0.05, 0) is 48.7 Å². The van der Waals surface area contributed by atoms with Gasteiger partial charge in [-0.15, -0.1) is 0 Å². The molecule has 0 fully saturated rings. The summed E-state index contributed by atoms with van der Waals surface area (Å²) in [6.45, 7) is 6.61. The highest BCUT2D eigenvalue weighted by Crippen LogP contribution is 2.34. The van der Waals surface area contributed by atoms with E-state index in [0.29, 0.717) is 30.4 Å². The molecule has 0 bridgehead atoms. The van der Waals surface area contributed by atoms with Gasteiger partial charge in [0.05, 0.1) is 5.75 Å². The molecular weight excluding hydrogens is 384 g/mol. The van der Waals surface area contributed by atoms with Crippen molar-refractivity contribution in [3.63, 3.8) is 0 Å². The van der Waals surface area contributed by atoms with Gasteiger partial charge >= 0.3 is 10.0 Å². The zero-order valence-electron chi connectivity index (χ0n) is 17.2. The van der Waals surface area contributed by atoms with Gasteiger partial charge in [0, 0.05) is 24.3 Å². The number of hydrogen-bond donors (Lipinski definition) is 1. The van der Waals surface area contributed by atoms with E-state index in [1.807, 2.05) is 48.6 Å². The molecule has 0 saturated carbocycles. The van der Waals surface area contributed by atoms with E-state index in [1.165, 1.54) is 5.56 Å². The van der Waals surface area contributed by atoms with Crippen molar-refractivity contribution in [2.45, 2.75) is 26.7 Å². The SMILES string of the molecule is CCS(=O)(=O)[N+]1(c2ccc(Oc3ccc(C(C)C)cc3)cc2)C=C(CN)C=CC1. The zero-order chi connectivity index (χ0) is 21.1. The third kappa shape index (κ3) is 4.29. The molecule has 0 radical (unpaired) electrons. The summed E-state index contributed by atoms with van der Waals surface area (Å²) < 4.78 is 31.7. The molecule has 2 aromatic carbocycles. The Hall–Kier alpha value is -2.41. The smallest absolute Gasteiger partial charge is 0.306 e. The second-order valence-electron chi connectivity index (χ2n) is 7.48. The number of hydrogen-bond acceptors (Lipinski definition) is 4. The van der Waals surface area contributed by atoms with Crippen molar-refractivity contribution in [3.05, 3.63) is 78.0 Å². The van der Waals surface area contributed by atoms with Gasteiger partial charge in [-0.25, -0.2) is 0 Å². The molecule has 0 saturated heterocycles. The topological polar surface area (TPSA) is 69.4 Å². The summed E-state index contributed by atoms with van der Waals surface area (Å²) >= 11 is 0. The molecule has 29 heavy (non-hydrogen) atoms. The molecule has 0 aliphatic carbocycles. The van der Waals surface area contributed by atoms with Crippen LogP contribution in [0.4, 0.5) is 5.69 Å². The fourth-order valence-electron chi connectivity index (χ4n) is 3.43. The third-order valence-corrected chi connectivity index (χ3v) is 7.42. The van der Waals surface area contributed by atoms with Crippen molar-refractivity contribution < 1.29 is 13.2 Å². The Balaban J connectivity index is 1.90. The monoisotopic (exact) mass is 413 g/mol. The Labute approximate surface area is 173 Å². The van der Waals surface area contributed by atoms with Crippen LogP contribution in [0.15, 0.2) is 72.5 Å². The Morgan fingerprint density at radius 1 is 1.03 bits per heavy atom. The molecule has 0 aromatic heterocycles. The molecule has 5 nitrogen and oxygen atoms in total. The van der Waals surface area contributed by atoms with Crippen molar-refractivity contribution in [1.82, 2.24) is 3.89 Å². The number of nitrogens with two attached hydrogens (primary N) is 1. The Kier molecular flexibility index (Phi) is 6.27. The van der Waals surface area contributed by atoms with Gasteiger partial charge in [0.15, 0.2) is 5.69 Å². The standard InChI is InChI=1S/C23H29N2O3S/c1-4-29(26,27)25(15-5-6-19(16-24)17-25)21-9-13-23(14-10-21)28-22-11-7-20(8-12-22)18(2)3/h5-14,17-18H,4,15-16,24H2,1-3H3/q+1. The lowest BCUT2D eigenvalue weighted by Crippen LogP contribution is -2.51. The summed E-state index contributed by atoms with van der Waals surface area (Å²) in [5.74, 6) is 1.91. The molecule has 3 rings (SSSR count). The normalized spacial score (nSPS) is 19.3. The first-order valence-electron chi connectivity index (χ1n) is 9.88. The lowest BCUT2D eigenvalue weighted by molar-refractivity contribution is 0.480. The van der Waals surface area contributed by atoms with Crippen LogP contribution in [-0.4, -0.2) is 27.3 Å². The average molecular weight is 414 g/mol. The van der Waals surface area contributed by atoms with E-state index in [2.05, 4.69) is 26.0 Å². The summed E-state index contributed by atoms with van der Waals surface area (Å²) in [5.41, 5.74) is 8.51. The van der Waals surface area contributed by atoms with Crippen molar-refractivity contribution in [2.75, 3.05) is 18.8 Å². The summed E-state index contributed by atoms with van der Waals surface area (Å²) in [5, 5.41) is 0. The maximum atomic E-state index is 13.0. The second-order valence-corrected chi connectivity index (χ2v) is 9.87. The van der Waals surface area contributed by atoms with E-state index in [-0.39, 0.29) is 9.64 Å². The van der Waals surface area contributed by atoms with Crippen LogP contribution in [0.3, 0.4) is 0 Å². The molecule has 1 heterocycles. The first-order valence-corrected chi connectivity index (χ1v) is 11.5. The van der Waals surface area contributed by atoms with Crippen molar-refractivity contribution in [1.29, 1.82) is 0 Å². The van der Waals surface area contributed by atoms with E-state index >= 15 is 0 Å². The number of ether oxygens (including phenoxy) is 1. The lowest BCUT2D eigenvalue weighted by Gasteiger charge is -2.34. The molecule has 0 amide bonds. The van der Waals surface area contributed by atoms with Crippen molar-refractivity contribution >= 4 is 15.7 Å². The van der Waals surface area contributed by atoms with Gasteiger partial charge in [0.25, 0.3) is 0 Å². The maximum absolute atomic E-state index is 13.0. The van der Waals surface area contributed by atoms with Crippen LogP contribution in [0, 0.1) is 0 Å². The Bertz CT molecular complexity index is 1010. The van der Waals surface area contributed by atoms with Gasteiger partial charge in [-0.1, -0.05) is 32.1 Å². The fraction of sp³-hybridized carbons (Fsp3) is 0.304. The highest BCUT2D eigenvalue weighted by atomic mass is 32.2. The minimum absolute atomic E-state index is 0.0373. The van der Waals surface area contributed by atoms with E-state index in [0.717, 1.165) is 11.3 Å². The highest BCUT2D eigenvalue weighted by molar-refractivity contribution is 7.91. The van der Waals surface area contributed by atoms with Crippen LogP contribution in [-0.2, 0) is 10.0 Å². The van der Waals surface area contributed by atoms with Crippen molar-refractivity contribution in [3.8, 4) is 11.5 Å². The second kappa shape index (κ2) is 8.53. The molecule has 0 spiro atoms. The summed E-state index contributed by atoms with van der Waals surface area (Å²) in [6, 6.07) is 15.3. The third-order valence-electron chi connectivity index (χ3n) is 5.24. The van der Waals surface area contributed by atoms with Gasteiger partial charge in [-0.2, -0.15) is 12.3 Å². The quantitative estimate of drug-likeness (QED) is 0.670. The summed E-state index contributed by atoms with van der Waals surface area (Å²) in [6.07, 6.45) is 5.51. The van der Waals surface area contributed by atoms with Crippen LogP contribution < -0.4 is 14.4 Å². The molecule has 1 aliphatic heterocycles. The molecular formula is C23H29N2O3S+. The molecule has 1 atom stereocenters. The number of sulfonamides is 1. The molecule has 1 aliphatic rings. The Morgan fingerprint density at radius 2 is 1.62 bits per heavy atom. The van der Waals surface area contributed by atoms with Gasteiger partial charge in [-0.3, -0.25) is 0 Å². The Morgan fingerprint density at radius 3 is 2.14 bits per heavy atom. The number of nitrogens with zero attached hydrogens (tertiary/aromatic N) is 1. The van der Waals surface area contributed by atoms with Crippen LogP contribution in [0.5, 0.6) is 11.5 Å². The molecule has 1 unspecified atom stereocenters.